The Labute approximate surface area is 149 Å². The molecule has 0 aliphatic heterocycles. The highest BCUT2D eigenvalue weighted by Gasteiger charge is 2.22. The van der Waals surface area contributed by atoms with Gasteiger partial charge in [-0.3, -0.25) is 18.3 Å². The molecule has 4 aromatic rings. The van der Waals surface area contributed by atoms with Crippen LogP contribution in [0, 0.1) is 6.92 Å². The maximum absolute atomic E-state index is 12.8. The Hall–Kier alpha value is -3.09. The number of nitrogens with zero attached hydrogens (tertiary/aromatic N) is 5. The van der Waals surface area contributed by atoms with E-state index in [0.717, 1.165) is 11.3 Å². The van der Waals surface area contributed by atoms with Crippen LogP contribution < -0.4 is 11.2 Å². The van der Waals surface area contributed by atoms with Gasteiger partial charge in [-0.1, -0.05) is 30.3 Å². The van der Waals surface area contributed by atoms with Crippen LogP contribution in [-0.2, 0) is 13.6 Å². The van der Waals surface area contributed by atoms with E-state index in [-0.39, 0.29) is 17.3 Å². The van der Waals surface area contributed by atoms with Crippen molar-refractivity contribution in [3.63, 3.8) is 0 Å². The van der Waals surface area contributed by atoms with Gasteiger partial charge in [0.05, 0.1) is 6.04 Å². The zero-order valence-corrected chi connectivity index (χ0v) is 15.3. The van der Waals surface area contributed by atoms with Gasteiger partial charge in [-0.05, 0) is 26.3 Å². The van der Waals surface area contributed by atoms with Gasteiger partial charge in [-0.2, -0.15) is 4.98 Å². The second-order valence-electron chi connectivity index (χ2n) is 6.57. The summed E-state index contributed by atoms with van der Waals surface area (Å²) < 4.78 is 6.58. The number of aromatic nitrogens is 5. The van der Waals surface area contributed by atoms with Crippen LogP contribution in [0.15, 0.2) is 46.1 Å². The minimum Gasteiger partial charge on any atom is -0.307 e. The van der Waals surface area contributed by atoms with Gasteiger partial charge in [0.1, 0.15) is 0 Å². The van der Waals surface area contributed by atoms with Crippen molar-refractivity contribution in [2.45, 2.75) is 33.4 Å². The molecule has 134 valence electrons. The largest absolute Gasteiger partial charge is 0.332 e. The quantitative estimate of drug-likeness (QED) is 0.568. The zero-order chi connectivity index (χ0) is 18.6. The molecule has 0 aliphatic carbocycles. The molecule has 7 heteroatoms. The number of rotatable bonds is 3. The van der Waals surface area contributed by atoms with Gasteiger partial charge in [-0.25, -0.2) is 4.79 Å². The molecule has 0 saturated heterocycles. The minimum atomic E-state index is -0.342. The van der Waals surface area contributed by atoms with Gasteiger partial charge < -0.3 is 4.57 Å². The van der Waals surface area contributed by atoms with Crippen LogP contribution in [0.5, 0.6) is 0 Å². The number of imidazole rings is 2. The molecular formula is C19H21N5O2. The fourth-order valence-electron chi connectivity index (χ4n) is 3.67. The topological polar surface area (TPSA) is 66.2 Å². The molecule has 0 radical (unpaired) electrons. The molecule has 0 unspecified atom stereocenters. The normalized spacial score (nSPS) is 12.9. The first-order valence-electron chi connectivity index (χ1n) is 8.70. The van der Waals surface area contributed by atoms with E-state index >= 15 is 0 Å². The number of fused-ring (bicyclic) bond motifs is 3. The lowest BCUT2D eigenvalue weighted by molar-refractivity contribution is 0.634. The molecule has 0 aliphatic rings. The Morgan fingerprint density at radius 3 is 2.50 bits per heavy atom. The van der Waals surface area contributed by atoms with E-state index in [9.17, 15) is 9.59 Å². The Bertz CT molecular complexity index is 1240. The molecule has 3 aromatic heterocycles. The number of hydrogen-bond acceptors (Lipinski definition) is 3. The Morgan fingerprint density at radius 1 is 1.15 bits per heavy atom. The zero-order valence-electron chi connectivity index (χ0n) is 15.3. The molecule has 0 N–H and O–H groups in total. The summed E-state index contributed by atoms with van der Waals surface area (Å²) in [4.78, 5) is 29.9. The highest BCUT2D eigenvalue weighted by Crippen LogP contribution is 2.25. The Kier molecular flexibility index (Phi) is 3.61. The molecule has 0 amide bonds. The van der Waals surface area contributed by atoms with Crippen molar-refractivity contribution in [1.29, 1.82) is 0 Å². The lowest BCUT2D eigenvalue weighted by atomic mass is 10.1. The lowest BCUT2D eigenvalue weighted by Crippen LogP contribution is -2.38. The second-order valence-corrected chi connectivity index (χ2v) is 6.57. The van der Waals surface area contributed by atoms with Gasteiger partial charge in [-0.15, -0.1) is 0 Å². The molecule has 4 rings (SSSR count). The summed E-state index contributed by atoms with van der Waals surface area (Å²) >= 11 is 0. The van der Waals surface area contributed by atoms with Crippen molar-refractivity contribution in [2.75, 3.05) is 0 Å². The third-order valence-electron chi connectivity index (χ3n) is 5.05. The van der Waals surface area contributed by atoms with E-state index in [2.05, 4.69) is 28.6 Å². The molecule has 0 bridgehead atoms. The molecule has 1 aromatic carbocycles. The van der Waals surface area contributed by atoms with Crippen molar-refractivity contribution in [2.24, 2.45) is 7.05 Å². The Balaban J connectivity index is 2.09. The molecule has 0 saturated carbocycles. The molecule has 3 heterocycles. The van der Waals surface area contributed by atoms with E-state index in [1.165, 1.54) is 9.13 Å². The predicted molar refractivity (Wildman–Crippen MR) is 101 cm³/mol. The summed E-state index contributed by atoms with van der Waals surface area (Å²) in [7, 11) is 1.65. The maximum Gasteiger partial charge on any atom is 0.332 e. The fourth-order valence-corrected chi connectivity index (χ4v) is 3.67. The van der Waals surface area contributed by atoms with Crippen LogP contribution in [0.3, 0.4) is 0 Å². The molecule has 0 fully saturated rings. The van der Waals surface area contributed by atoms with Crippen LogP contribution in [0.1, 0.15) is 31.1 Å². The summed E-state index contributed by atoms with van der Waals surface area (Å²) in [6.07, 6.45) is 1.91. The van der Waals surface area contributed by atoms with E-state index < -0.39 is 0 Å². The first-order valence-corrected chi connectivity index (χ1v) is 8.70. The second kappa shape index (κ2) is 5.72. The molecule has 0 spiro atoms. The standard InChI is InChI=1S/C19H21N5O2/c1-5-22-17(25)15-16(21(4)19(22)26)20-18-23(15)11-12(2)24(18)13(3)14-9-7-6-8-10-14/h6-11,13H,5H2,1-4H3/t13-/m0/s1. The SMILES string of the molecule is CCn1c(=O)c2c(nc3n([C@@H](C)c4ccccc4)c(C)cn23)n(C)c1=O. The summed E-state index contributed by atoms with van der Waals surface area (Å²) in [5.74, 6) is 0.662. The predicted octanol–water partition coefficient (Wildman–Crippen LogP) is 2.09. The first kappa shape index (κ1) is 16.4. The maximum atomic E-state index is 12.8. The van der Waals surface area contributed by atoms with Crippen molar-refractivity contribution >= 4 is 16.9 Å². The highest BCUT2D eigenvalue weighted by molar-refractivity contribution is 5.75. The van der Waals surface area contributed by atoms with Gasteiger partial charge >= 0.3 is 5.69 Å². The molecule has 1 atom stereocenters. The van der Waals surface area contributed by atoms with E-state index in [1.807, 2.05) is 31.3 Å². The Morgan fingerprint density at radius 2 is 1.85 bits per heavy atom. The minimum absolute atomic E-state index is 0.0518. The van der Waals surface area contributed by atoms with Gasteiger partial charge in [0.2, 0.25) is 5.78 Å². The van der Waals surface area contributed by atoms with Crippen molar-refractivity contribution in [1.82, 2.24) is 23.1 Å². The van der Waals surface area contributed by atoms with E-state index in [0.29, 0.717) is 23.5 Å². The third kappa shape index (κ3) is 2.09. The van der Waals surface area contributed by atoms with Crippen LogP contribution >= 0.6 is 0 Å². The smallest absolute Gasteiger partial charge is 0.307 e. The monoisotopic (exact) mass is 351 g/mol. The van der Waals surface area contributed by atoms with E-state index in [4.69, 9.17) is 0 Å². The van der Waals surface area contributed by atoms with Crippen molar-refractivity contribution < 1.29 is 0 Å². The molecule has 7 nitrogen and oxygen atoms in total. The van der Waals surface area contributed by atoms with Crippen LogP contribution in [0.25, 0.3) is 16.9 Å². The average molecular weight is 351 g/mol. The number of hydrogen-bond donors (Lipinski definition) is 0. The highest BCUT2D eigenvalue weighted by atomic mass is 16.2. The molecular weight excluding hydrogens is 330 g/mol. The lowest BCUT2D eigenvalue weighted by Gasteiger charge is -2.16. The summed E-state index contributed by atoms with van der Waals surface area (Å²) in [5.41, 5.74) is 2.36. The van der Waals surface area contributed by atoms with E-state index in [1.54, 1.807) is 18.4 Å². The summed E-state index contributed by atoms with van der Waals surface area (Å²) in [6.45, 7) is 6.22. The van der Waals surface area contributed by atoms with Crippen LogP contribution in [-0.4, -0.2) is 23.1 Å². The van der Waals surface area contributed by atoms with Gasteiger partial charge in [0.25, 0.3) is 5.56 Å². The fraction of sp³-hybridized carbons (Fsp3) is 0.316. The van der Waals surface area contributed by atoms with Crippen LogP contribution in [0.4, 0.5) is 0 Å². The average Bonchev–Trinajstić information content (AvgIpc) is 3.15. The number of aryl methyl sites for hydroxylation is 2. The van der Waals surface area contributed by atoms with Gasteiger partial charge in [0.15, 0.2) is 11.2 Å². The number of benzene rings is 1. The summed E-state index contributed by atoms with van der Waals surface area (Å²) in [6, 6.07) is 10.2. The van der Waals surface area contributed by atoms with Crippen molar-refractivity contribution in [3.05, 3.63) is 68.6 Å². The molecule has 26 heavy (non-hydrogen) atoms. The van der Waals surface area contributed by atoms with Crippen LogP contribution in [0.2, 0.25) is 0 Å². The first-order chi connectivity index (χ1) is 12.5. The summed E-state index contributed by atoms with van der Waals surface area (Å²) in [5, 5.41) is 0. The van der Waals surface area contributed by atoms with Gasteiger partial charge in [0, 0.05) is 25.5 Å². The van der Waals surface area contributed by atoms with Crippen molar-refractivity contribution in [3.8, 4) is 0 Å². The third-order valence-corrected chi connectivity index (χ3v) is 5.05.